The van der Waals surface area contributed by atoms with Gasteiger partial charge in [0, 0.05) is 33.1 Å². The Morgan fingerprint density at radius 2 is 1.93 bits per heavy atom. The minimum absolute atomic E-state index is 0.0560. The molecule has 0 saturated heterocycles. The molecule has 0 radical (unpaired) electrons. The van der Waals surface area contributed by atoms with E-state index in [-0.39, 0.29) is 35.5 Å². The molecule has 0 spiro atoms. The zero-order chi connectivity index (χ0) is 20.6. The molecule has 28 heavy (non-hydrogen) atoms. The van der Waals surface area contributed by atoms with E-state index >= 15 is 0 Å². The van der Waals surface area contributed by atoms with Crippen molar-refractivity contribution in [2.24, 2.45) is 14.1 Å². The van der Waals surface area contributed by atoms with Gasteiger partial charge in [0.25, 0.3) is 11.2 Å². The molecule has 0 aliphatic rings. The maximum atomic E-state index is 12.3. The fourth-order valence-electron chi connectivity index (χ4n) is 2.83. The monoisotopic (exact) mass is 450 g/mol. The van der Waals surface area contributed by atoms with Crippen molar-refractivity contribution in [2.75, 3.05) is 5.32 Å². The molecular formula is C16H15BrN6O5. The number of aromatic nitrogens is 4. The van der Waals surface area contributed by atoms with Crippen LogP contribution in [0.1, 0.15) is 6.42 Å². The van der Waals surface area contributed by atoms with Gasteiger partial charge >= 0.3 is 5.69 Å². The Balaban J connectivity index is 1.88. The summed E-state index contributed by atoms with van der Waals surface area (Å²) in [6.07, 6.45) is -0.0560. The Bertz CT molecular complexity index is 1220. The van der Waals surface area contributed by atoms with Crippen LogP contribution >= 0.6 is 15.9 Å². The van der Waals surface area contributed by atoms with Gasteiger partial charge in [0.05, 0.1) is 4.92 Å². The molecule has 0 aliphatic heterocycles. The highest BCUT2D eigenvalue weighted by Crippen LogP contribution is 2.23. The van der Waals surface area contributed by atoms with Crippen molar-refractivity contribution in [1.29, 1.82) is 0 Å². The summed E-state index contributed by atoms with van der Waals surface area (Å²) in [4.78, 5) is 51.3. The molecule has 11 nitrogen and oxygen atoms in total. The number of imidazole rings is 1. The van der Waals surface area contributed by atoms with Crippen molar-refractivity contribution in [1.82, 2.24) is 18.7 Å². The van der Waals surface area contributed by atoms with E-state index < -0.39 is 22.1 Å². The Morgan fingerprint density at radius 1 is 1.25 bits per heavy atom. The highest BCUT2D eigenvalue weighted by Gasteiger charge is 2.19. The van der Waals surface area contributed by atoms with Gasteiger partial charge in [-0.3, -0.25) is 28.8 Å². The maximum Gasteiger partial charge on any atom is 0.332 e. The second-order valence-electron chi connectivity index (χ2n) is 5.98. The van der Waals surface area contributed by atoms with Crippen molar-refractivity contribution < 1.29 is 9.72 Å². The van der Waals surface area contributed by atoms with Crippen LogP contribution in [0, 0.1) is 10.1 Å². The first kappa shape index (κ1) is 19.5. The lowest BCUT2D eigenvalue weighted by Crippen LogP contribution is -2.37. The number of nitro benzene ring substituents is 1. The quantitative estimate of drug-likeness (QED) is 0.351. The highest BCUT2D eigenvalue weighted by molar-refractivity contribution is 9.10. The first-order chi connectivity index (χ1) is 13.2. The Hall–Kier alpha value is -3.28. The number of nitrogens with zero attached hydrogens (tertiary/aromatic N) is 5. The molecule has 3 aromatic rings. The number of para-hydroxylation sites is 2. The molecule has 0 bridgehead atoms. The van der Waals surface area contributed by atoms with E-state index in [4.69, 9.17) is 0 Å². The minimum atomic E-state index is -0.582. The molecule has 0 atom stereocenters. The minimum Gasteiger partial charge on any atom is -0.320 e. The maximum absolute atomic E-state index is 12.3. The van der Waals surface area contributed by atoms with Crippen LogP contribution in [0.15, 0.2) is 38.6 Å². The van der Waals surface area contributed by atoms with Crippen molar-refractivity contribution >= 4 is 44.4 Å². The molecular weight excluding hydrogens is 436 g/mol. The van der Waals surface area contributed by atoms with Crippen LogP contribution in [-0.2, 0) is 25.4 Å². The summed E-state index contributed by atoms with van der Waals surface area (Å²) < 4.78 is 4.04. The molecule has 1 amide bonds. The van der Waals surface area contributed by atoms with Crippen LogP contribution in [0.25, 0.3) is 11.2 Å². The van der Waals surface area contributed by atoms with Crippen molar-refractivity contribution in [2.45, 2.75) is 13.0 Å². The zero-order valence-electron chi connectivity index (χ0n) is 14.9. The fraction of sp³-hybridized carbons (Fsp3) is 0.250. The number of rotatable bonds is 5. The number of hydrogen-bond acceptors (Lipinski definition) is 6. The lowest BCUT2D eigenvalue weighted by atomic mass is 10.2. The van der Waals surface area contributed by atoms with Crippen molar-refractivity contribution in [3.05, 3.63) is 60.0 Å². The molecule has 0 saturated carbocycles. The number of anilines is 1. The smallest absolute Gasteiger partial charge is 0.320 e. The summed E-state index contributed by atoms with van der Waals surface area (Å²) >= 11 is 3.24. The van der Waals surface area contributed by atoms with Gasteiger partial charge < -0.3 is 9.88 Å². The third-order valence-electron chi connectivity index (χ3n) is 4.23. The number of nitro groups is 1. The summed E-state index contributed by atoms with van der Waals surface area (Å²) in [6, 6.07) is 5.81. The third kappa shape index (κ3) is 3.33. The molecule has 2 aromatic heterocycles. The Morgan fingerprint density at radius 3 is 2.61 bits per heavy atom. The molecule has 2 heterocycles. The van der Waals surface area contributed by atoms with Crippen LogP contribution in [0.3, 0.4) is 0 Å². The van der Waals surface area contributed by atoms with Crippen LogP contribution in [-0.4, -0.2) is 29.5 Å². The molecule has 3 rings (SSSR count). The molecule has 146 valence electrons. The van der Waals surface area contributed by atoms with Crippen molar-refractivity contribution in [3.8, 4) is 0 Å². The van der Waals surface area contributed by atoms with E-state index in [1.165, 1.54) is 41.4 Å². The van der Waals surface area contributed by atoms with Gasteiger partial charge in [-0.05, 0) is 22.0 Å². The molecule has 0 fully saturated rings. The van der Waals surface area contributed by atoms with Gasteiger partial charge in [-0.1, -0.05) is 12.1 Å². The third-order valence-corrected chi connectivity index (χ3v) is 4.84. The van der Waals surface area contributed by atoms with Gasteiger partial charge in [-0.25, -0.2) is 9.78 Å². The molecule has 1 aromatic carbocycles. The Labute approximate surface area is 165 Å². The van der Waals surface area contributed by atoms with E-state index in [0.29, 0.717) is 4.73 Å². The second-order valence-corrected chi connectivity index (χ2v) is 6.69. The standard InChI is InChI=1S/C16H15BrN6O5/c1-20-13-12(14(25)21(2)16(20)26)19-15(17)22(13)8-7-11(24)18-9-5-3-4-6-10(9)23(27)28/h3-6H,7-8H2,1-2H3,(H,18,24). The van der Waals surface area contributed by atoms with Crippen LogP contribution in [0.4, 0.5) is 11.4 Å². The summed E-state index contributed by atoms with van der Waals surface area (Å²) in [5, 5.41) is 13.5. The SMILES string of the molecule is Cn1c(=O)c2nc(Br)n(CCC(=O)Nc3ccccc3[N+](=O)[O-])c2n(C)c1=O. The highest BCUT2D eigenvalue weighted by atomic mass is 79.9. The number of amides is 1. The average Bonchev–Trinajstić information content (AvgIpc) is 2.99. The van der Waals surface area contributed by atoms with E-state index in [1.807, 2.05) is 0 Å². The second kappa shape index (κ2) is 7.38. The lowest BCUT2D eigenvalue weighted by molar-refractivity contribution is -0.383. The topological polar surface area (TPSA) is 134 Å². The number of carbonyl (C=O) groups excluding carboxylic acids is 1. The predicted octanol–water partition coefficient (Wildman–Crippen LogP) is 1.13. The zero-order valence-corrected chi connectivity index (χ0v) is 16.5. The van der Waals surface area contributed by atoms with Gasteiger partial charge in [-0.2, -0.15) is 0 Å². The number of fused-ring (bicyclic) bond motifs is 1. The average molecular weight is 451 g/mol. The van der Waals surface area contributed by atoms with Crippen LogP contribution < -0.4 is 16.6 Å². The first-order valence-corrected chi connectivity index (χ1v) is 8.86. The largest absolute Gasteiger partial charge is 0.332 e. The van der Waals surface area contributed by atoms with Crippen LogP contribution in [0.5, 0.6) is 0 Å². The van der Waals surface area contributed by atoms with E-state index in [1.54, 1.807) is 6.07 Å². The van der Waals surface area contributed by atoms with E-state index in [2.05, 4.69) is 26.2 Å². The number of benzene rings is 1. The van der Waals surface area contributed by atoms with Crippen molar-refractivity contribution in [3.63, 3.8) is 0 Å². The number of aryl methyl sites for hydroxylation is 2. The summed E-state index contributed by atoms with van der Waals surface area (Å²) in [6.45, 7) is 0.101. The van der Waals surface area contributed by atoms with Gasteiger partial charge in [0.15, 0.2) is 15.9 Å². The summed E-state index contributed by atoms with van der Waals surface area (Å²) in [7, 11) is 2.86. The normalized spacial score (nSPS) is 11.0. The predicted molar refractivity (Wildman–Crippen MR) is 104 cm³/mol. The summed E-state index contributed by atoms with van der Waals surface area (Å²) in [5.74, 6) is -0.461. The fourth-order valence-corrected chi connectivity index (χ4v) is 3.35. The molecule has 0 unspecified atom stereocenters. The number of hydrogen-bond donors (Lipinski definition) is 1. The first-order valence-electron chi connectivity index (χ1n) is 8.07. The Kier molecular flexibility index (Phi) is 5.14. The molecule has 0 aliphatic carbocycles. The van der Waals surface area contributed by atoms with Gasteiger partial charge in [0.2, 0.25) is 5.91 Å². The van der Waals surface area contributed by atoms with Crippen LogP contribution in [0.2, 0.25) is 0 Å². The number of halogens is 1. The number of nitrogens with one attached hydrogen (secondary N) is 1. The van der Waals surface area contributed by atoms with E-state index in [0.717, 1.165) is 4.57 Å². The number of carbonyl (C=O) groups is 1. The molecule has 12 heteroatoms. The lowest BCUT2D eigenvalue weighted by Gasteiger charge is -2.10. The summed E-state index contributed by atoms with van der Waals surface area (Å²) in [5.41, 5.74) is -0.809. The van der Waals surface area contributed by atoms with Gasteiger partial charge in [0.1, 0.15) is 5.69 Å². The van der Waals surface area contributed by atoms with E-state index in [9.17, 15) is 24.5 Å². The van der Waals surface area contributed by atoms with Gasteiger partial charge in [-0.15, -0.1) is 0 Å². The molecule has 1 N–H and O–H groups in total.